The van der Waals surface area contributed by atoms with Crippen LogP contribution < -0.4 is 10.6 Å². The number of fused-ring (bicyclic) bond motifs is 2. The number of ether oxygens (including phenoxy) is 1. The Morgan fingerprint density at radius 2 is 2.06 bits per heavy atom. The number of hydrogen-bond acceptors (Lipinski definition) is 2. The SMILES string of the molecule is CN=C(NCC1CCCC1)NC1CC2CCC1O2. The van der Waals surface area contributed by atoms with Gasteiger partial charge in [0.25, 0.3) is 0 Å². The molecule has 0 spiro atoms. The second-order valence-electron chi connectivity index (χ2n) is 5.96. The molecule has 4 nitrogen and oxygen atoms in total. The average molecular weight is 251 g/mol. The van der Waals surface area contributed by atoms with E-state index in [1.54, 1.807) is 0 Å². The maximum absolute atomic E-state index is 5.86. The van der Waals surface area contributed by atoms with Crippen molar-refractivity contribution in [2.75, 3.05) is 13.6 Å². The molecule has 0 aromatic heterocycles. The minimum atomic E-state index is 0.417. The molecule has 2 heterocycles. The van der Waals surface area contributed by atoms with Gasteiger partial charge in [-0.15, -0.1) is 0 Å². The summed E-state index contributed by atoms with van der Waals surface area (Å²) in [6.07, 6.45) is 10.1. The number of aliphatic imine (C=N–C) groups is 1. The molecule has 2 N–H and O–H groups in total. The van der Waals surface area contributed by atoms with Crippen molar-refractivity contribution in [3.8, 4) is 0 Å². The molecule has 0 aromatic carbocycles. The summed E-state index contributed by atoms with van der Waals surface area (Å²) in [6.45, 7) is 1.07. The number of rotatable bonds is 3. The average Bonchev–Trinajstić information content (AvgIpc) is 3.10. The van der Waals surface area contributed by atoms with Crippen LogP contribution in [0, 0.1) is 5.92 Å². The molecule has 3 atom stereocenters. The van der Waals surface area contributed by atoms with Crippen LogP contribution in [-0.4, -0.2) is 37.8 Å². The normalized spacial score (nSPS) is 36.3. The number of nitrogens with one attached hydrogen (secondary N) is 2. The highest BCUT2D eigenvalue weighted by Crippen LogP contribution is 2.34. The van der Waals surface area contributed by atoms with Gasteiger partial charge in [0, 0.05) is 13.6 Å². The maximum atomic E-state index is 5.86. The summed E-state index contributed by atoms with van der Waals surface area (Å²) in [5, 5.41) is 7.02. The zero-order valence-electron chi connectivity index (χ0n) is 11.3. The Kier molecular flexibility index (Phi) is 3.73. The summed E-state index contributed by atoms with van der Waals surface area (Å²) in [4.78, 5) is 4.33. The first-order valence-corrected chi connectivity index (χ1v) is 7.48. The quantitative estimate of drug-likeness (QED) is 0.592. The molecule has 18 heavy (non-hydrogen) atoms. The highest BCUT2D eigenvalue weighted by atomic mass is 16.5. The van der Waals surface area contributed by atoms with Crippen LogP contribution in [0.15, 0.2) is 4.99 Å². The predicted octanol–water partition coefficient (Wildman–Crippen LogP) is 1.66. The zero-order valence-corrected chi connectivity index (χ0v) is 11.3. The fourth-order valence-corrected chi connectivity index (χ4v) is 3.62. The lowest BCUT2D eigenvalue weighted by Crippen LogP contribution is -2.48. The molecule has 3 fully saturated rings. The standard InChI is InChI=1S/C14H25N3O/c1-15-14(16-9-10-4-2-3-5-10)17-12-8-11-6-7-13(12)18-11/h10-13H,2-9H2,1H3,(H2,15,16,17). The van der Waals surface area contributed by atoms with E-state index < -0.39 is 0 Å². The second kappa shape index (κ2) is 5.47. The van der Waals surface area contributed by atoms with Crippen molar-refractivity contribution in [3.05, 3.63) is 0 Å². The van der Waals surface area contributed by atoms with Crippen molar-refractivity contribution in [2.24, 2.45) is 10.9 Å². The fraction of sp³-hybridized carbons (Fsp3) is 0.929. The third-order valence-electron chi connectivity index (χ3n) is 4.68. The number of hydrogen-bond donors (Lipinski definition) is 2. The monoisotopic (exact) mass is 251 g/mol. The Morgan fingerprint density at radius 3 is 2.67 bits per heavy atom. The Bertz CT molecular complexity index is 312. The molecule has 1 aliphatic carbocycles. The first-order valence-electron chi connectivity index (χ1n) is 7.48. The van der Waals surface area contributed by atoms with Crippen LogP contribution >= 0.6 is 0 Å². The first kappa shape index (κ1) is 12.3. The lowest BCUT2D eigenvalue weighted by Gasteiger charge is -2.23. The van der Waals surface area contributed by atoms with Crippen molar-refractivity contribution in [3.63, 3.8) is 0 Å². The van der Waals surface area contributed by atoms with Gasteiger partial charge in [-0.25, -0.2) is 0 Å². The highest BCUT2D eigenvalue weighted by molar-refractivity contribution is 5.80. The van der Waals surface area contributed by atoms with Gasteiger partial charge < -0.3 is 15.4 Å². The van der Waals surface area contributed by atoms with Crippen LogP contribution in [0.4, 0.5) is 0 Å². The fourth-order valence-electron chi connectivity index (χ4n) is 3.62. The summed E-state index contributed by atoms with van der Waals surface area (Å²) < 4.78 is 5.86. The van der Waals surface area contributed by atoms with Crippen LogP contribution in [0.2, 0.25) is 0 Å². The third-order valence-corrected chi connectivity index (χ3v) is 4.68. The van der Waals surface area contributed by atoms with Gasteiger partial charge in [0.1, 0.15) is 0 Å². The molecule has 0 amide bonds. The molecule has 0 radical (unpaired) electrons. The van der Waals surface area contributed by atoms with Gasteiger partial charge in [0.2, 0.25) is 0 Å². The molecule has 3 rings (SSSR count). The molecule has 3 unspecified atom stereocenters. The number of guanidine groups is 1. The Balaban J connectivity index is 1.44. The highest BCUT2D eigenvalue weighted by Gasteiger charge is 2.41. The van der Waals surface area contributed by atoms with E-state index in [1.807, 2.05) is 7.05 Å². The van der Waals surface area contributed by atoms with E-state index in [2.05, 4.69) is 15.6 Å². The minimum absolute atomic E-state index is 0.417. The van der Waals surface area contributed by atoms with Crippen molar-refractivity contribution in [2.45, 2.75) is 63.2 Å². The largest absolute Gasteiger partial charge is 0.373 e. The predicted molar refractivity (Wildman–Crippen MR) is 72.8 cm³/mol. The van der Waals surface area contributed by atoms with Gasteiger partial charge in [-0.3, -0.25) is 4.99 Å². The van der Waals surface area contributed by atoms with Crippen molar-refractivity contribution in [1.82, 2.24) is 10.6 Å². The van der Waals surface area contributed by atoms with Crippen LogP contribution in [-0.2, 0) is 4.74 Å². The van der Waals surface area contributed by atoms with Gasteiger partial charge in [0.15, 0.2) is 5.96 Å². The molecule has 4 heteroatoms. The van der Waals surface area contributed by atoms with Crippen molar-refractivity contribution in [1.29, 1.82) is 0 Å². The van der Waals surface area contributed by atoms with Gasteiger partial charge in [-0.05, 0) is 38.0 Å². The summed E-state index contributed by atoms with van der Waals surface area (Å²) in [5.74, 6) is 1.81. The molecule has 2 aliphatic heterocycles. The van der Waals surface area contributed by atoms with Crippen molar-refractivity contribution >= 4 is 5.96 Å². The Morgan fingerprint density at radius 1 is 1.22 bits per heavy atom. The van der Waals surface area contributed by atoms with Crippen LogP contribution in [0.1, 0.15) is 44.9 Å². The molecule has 3 aliphatic rings. The summed E-state index contributed by atoms with van der Waals surface area (Å²) >= 11 is 0. The lowest BCUT2D eigenvalue weighted by molar-refractivity contribution is 0.0992. The van der Waals surface area contributed by atoms with Crippen LogP contribution in [0.3, 0.4) is 0 Å². The first-order chi connectivity index (χ1) is 8.85. The van der Waals surface area contributed by atoms with Gasteiger partial charge >= 0.3 is 0 Å². The van der Waals surface area contributed by atoms with Crippen LogP contribution in [0.25, 0.3) is 0 Å². The van der Waals surface area contributed by atoms with E-state index in [9.17, 15) is 0 Å². The second-order valence-corrected chi connectivity index (χ2v) is 5.96. The summed E-state index contributed by atoms with van der Waals surface area (Å²) in [7, 11) is 1.86. The Labute approximate surface area is 110 Å². The zero-order chi connectivity index (χ0) is 12.4. The lowest BCUT2D eigenvalue weighted by atomic mass is 9.96. The van der Waals surface area contributed by atoms with E-state index in [4.69, 9.17) is 4.74 Å². The molecule has 2 bridgehead atoms. The van der Waals surface area contributed by atoms with Gasteiger partial charge in [0.05, 0.1) is 18.2 Å². The molecule has 102 valence electrons. The maximum Gasteiger partial charge on any atom is 0.191 e. The topological polar surface area (TPSA) is 45.7 Å². The Hall–Kier alpha value is -0.770. The van der Waals surface area contributed by atoms with E-state index in [0.29, 0.717) is 18.2 Å². The number of nitrogens with zero attached hydrogens (tertiary/aromatic N) is 1. The third kappa shape index (κ3) is 2.63. The van der Waals surface area contributed by atoms with Gasteiger partial charge in [-0.2, -0.15) is 0 Å². The van der Waals surface area contributed by atoms with Crippen LogP contribution in [0.5, 0.6) is 0 Å². The molecule has 0 aromatic rings. The smallest absolute Gasteiger partial charge is 0.191 e. The molecule has 1 saturated carbocycles. The summed E-state index contributed by atoms with van der Waals surface area (Å²) in [5.41, 5.74) is 0. The summed E-state index contributed by atoms with van der Waals surface area (Å²) in [6, 6.07) is 0.471. The van der Waals surface area contributed by atoms with E-state index in [-0.39, 0.29) is 0 Å². The van der Waals surface area contributed by atoms with Gasteiger partial charge in [-0.1, -0.05) is 12.8 Å². The van der Waals surface area contributed by atoms with E-state index >= 15 is 0 Å². The molecular weight excluding hydrogens is 226 g/mol. The van der Waals surface area contributed by atoms with Crippen molar-refractivity contribution < 1.29 is 4.74 Å². The van der Waals surface area contributed by atoms with E-state index in [0.717, 1.165) is 24.8 Å². The molecule has 2 saturated heterocycles. The van der Waals surface area contributed by atoms with E-state index in [1.165, 1.54) is 38.5 Å². The molecular formula is C14H25N3O. The minimum Gasteiger partial charge on any atom is -0.373 e.